The van der Waals surface area contributed by atoms with Crippen molar-refractivity contribution >= 4 is 23.0 Å². The molecule has 0 heterocycles. The van der Waals surface area contributed by atoms with Gasteiger partial charge in [-0.05, 0) is 36.7 Å². The van der Waals surface area contributed by atoms with Crippen LogP contribution in [0.15, 0.2) is 67.3 Å². The molecule has 1 fully saturated rings. The molecule has 0 aromatic heterocycles. The van der Waals surface area contributed by atoms with Crippen LogP contribution in [0.25, 0.3) is 11.1 Å². The van der Waals surface area contributed by atoms with Gasteiger partial charge >= 0.3 is 0 Å². The maximum atomic E-state index is 5.78. The van der Waals surface area contributed by atoms with Crippen molar-refractivity contribution in [2.24, 2.45) is 0 Å². The second-order valence-corrected chi connectivity index (χ2v) is 6.96. The summed E-state index contributed by atoms with van der Waals surface area (Å²) in [5.41, 5.74) is 3.43. The maximum Gasteiger partial charge on any atom is 0.173 e. The van der Waals surface area contributed by atoms with Crippen molar-refractivity contribution in [3.05, 3.63) is 67.3 Å². The van der Waals surface area contributed by atoms with E-state index in [0.29, 0.717) is 6.04 Å². The monoisotopic (exact) mass is 350 g/mol. The molecule has 130 valence electrons. The van der Waals surface area contributed by atoms with Crippen molar-refractivity contribution in [1.29, 1.82) is 0 Å². The Bertz CT molecular complexity index is 705. The van der Waals surface area contributed by atoms with Crippen LogP contribution in [0.2, 0.25) is 0 Å². The van der Waals surface area contributed by atoms with Crippen LogP contribution in [0, 0.1) is 0 Å². The average Bonchev–Trinajstić information content (AvgIpc) is 2.68. The molecule has 2 aromatic rings. The third-order valence-corrected chi connectivity index (χ3v) is 5.19. The first kappa shape index (κ1) is 17.7. The van der Waals surface area contributed by atoms with Crippen LogP contribution in [0.1, 0.15) is 32.1 Å². The predicted octanol–water partition coefficient (Wildman–Crippen LogP) is 5.87. The second-order valence-electron chi connectivity index (χ2n) is 6.57. The molecule has 2 aromatic carbocycles. The highest BCUT2D eigenvalue weighted by Crippen LogP contribution is 2.29. The standard InChI is InChI=1S/C22H26N2S/c1-2-17-24(19-13-7-4-8-14-19)22(25)23-21-16-10-9-15-20(21)18-11-5-3-6-12-18/h2-3,5-6,9-12,15-16,19H,1,4,7-8,13-14,17H2,(H,23,25). The lowest BCUT2D eigenvalue weighted by Crippen LogP contribution is -2.43. The average molecular weight is 351 g/mol. The molecule has 0 aliphatic heterocycles. The van der Waals surface area contributed by atoms with Crippen LogP contribution >= 0.6 is 12.2 Å². The van der Waals surface area contributed by atoms with Crippen molar-refractivity contribution in [2.75, 3.05) is 11.9 Å². The molecule has 0 atom stereocenters. The van der Waals surface area contributed by atoms with Crippen LogP contribution in [-0.4, -0.2) is 22.6 Å². The van der Waals surface area contributed by atoms with Crippen LogP contribution in [-0.2, 0) is 0 Å². The largest absolute Gasteiger partial charge is 0.342 e. The van der Waals surface area contributed by atoms with E-state index in [0.717, 1.165) is 17.3 Å². The highest BCUT2D eigenvalue weighted by molar-refractivity contribution is 7.80. The molecule has 3 rings (SSSR count). The van der Waals surface area contributed by atoms with Crippen molar-refractivity contribution in [2.45, 2.75) is 38.1 Å². The summed E-state index contributed by atoms with van der Waals surface area (Å²) >= 11 is 5.78. The van der Waals surface area contributed by atoms with E-state index >= 15 is 0 Å². The van der Waals surface area contributed by atoms with Gasteiger partial charge in [0.1, 0.15) is 0 Å². The number of thiocarbonyl (C=S) groups is 1. The Morgan fingerprint density at radius 3 is 2.44 bits per heavy atom. The molecule has 0 saturated heterocycles. The van der Waals surface area contributed by atoms with Crippen molar-refractivity contribution in [3.63, 3.8) is 0 Å². The number of nitrogens with one attached hydrogen (secondary N) is 1. The SMILES string of the molecule is C=CCN(C(=S)Nc1ccccc1-c1ccccc1)C1CCCCC1. The number of para-hydroxylation sites is 1. The van der Waals surface area contributed by atoms with E-state index in [1.165, 1.54) is 43.2 Å². The number of hydrogen-bond donors (Lipinski definition) is 1. The van der Waals surface area contributed by atoms with Gasteiger partial charge in [-0.1, -0.05) is 73.9 Å². The Kier molecular flexibility index (Phi) is 6.24. The molecule has 1 aliphatic carbocycles. The Morgan fingerprint density at radius 2 is 1.72 bits per heavy atom. The molecule has 0 radical (unpaired) electrons. The van der Waals surface area contributed by atoms with Crippen LogP contribution in [0.5, 0.6) is 0 Å². The molecule has 0 unspecified atom stereocenters. The van der Waals surface area contributed by atoms with Crippen LogP contribution in [0.3, 0.4) is 0 Å². The smallest absolute Gasteiger partial charge is 0.173 e. The normalized spacial score (nSPS) is 14.7. The molecular formula is C22H26N2S. The molecule has 1 aliphatic rings. The summed E-state index contributed by atoms with van der Waals surface area (Å²) in [7, 11) is 0. The van der Waals surface area contributed by atoms with Gasteiger partial charge in [0.15, 0.2) is 5.11 Å². The summed E-state index contributed by atoms with van der Waals surface area (Å²) in [6.07, 6.45) is 8.32. The summed E-state index contributed by atoms with van der Waals surface area (Å²) in [5, 5.41) is 4.30. The van der Waals surface area contributed by atoms with Crippen molar-refractivity contribution < 1.29 is 0 Å². The topological polar surface area (TPSA) is 15.3 Å². The lowest BCUT2D eigenvalue weighted by molar-refractivity contribution is 0.263. The van der Waals surface area contributed by atoms with E-state index in [2.05, 4.69) is 65.3 Å². The van der Waals surface area contributed by atoms with Crippen LogP contribution in [0.4, 0.5) is 5.69 Å². The summed E-state index contributed by atoms with van der Waals surface area (Å²) < 4.78 is 0. The zero-order valence-electron chi connectivity index (χ0n) is 14.7. The summed E-state index contributed by atoms with van der Waals surface area (Å²) in [6, 6.07) is 19.3. The Morgan fingerprint density at radius 1 is 1.04 bits per heavy atom. The number of benzene rings is 2. The third kappa shape index (κ3) is 4.49. The van der Waals surface area contributed by atoms with Gasteiger partial charge in [-0.25, -0.2) is 0 Å². The van der Waals surface area contributed by atoms with Gasteiger partial charge in [-0.3, -0.25) is 0 Å². The molecule has 0 amide bonds. The van der Waals surface area contributed by atoms with Gasteiger partial charge in [0, 0.05) is 23.8 Å². The molecule has 1 N–H and O–H groups in total. The van der Waals surface area contributed by atoms with E-state index in [-0.39, 0.29) is 0 Å². The summed E-state index contributed by atoms with van der Waals surface area (Å²) in [6.45, 7) is 4.72. The molecule has 25 heavy (non-hydrogen) atoms. The van der Waals surface area contributed by atoms with E-state index in [1.807, 2.05) is 12.1 Å². The molecule has 1 saturated carbocycles. The summed E-state index contributed by atoms with van der Waals surface area (Å²) in [5.74, 6) is 0. The fraction of sp³-hybridized carbons (Fsp3) is 0.318. The zero-order valence-corrected chi connectivity index (χ0v) is 15.5. The van der Waals surface area contributed by atoms with Crippen LogP contribution < -0.4 is 5.32 Å². The van der Waals surface area contributed by atoms with Gasteiger partial charge < -0.3 is 10.2 Å². The molecule has 2 nitrogen and oxygen atoms in total. The fourth-order valence-corrected chi connectivity index (χ4v) is 3.91. The minimum absolute atomic E-state index is 0.524. The number of rotatable bonds is 5. The third-order valence-electron chi connectivity index (χ3n) is 4.86. The Balaban J connectivity index is 1.81. The Hall–Kier alpha value is -2.13. The maximum absolute atomic E-state index is 5.78. The van der Waals surface area contributed by atoms with E-state index in [9.17, 15) is 0 Å². The number of anilines is 1. The zero-order chi connectivity index (χ0) is 17.5. The van der Waals surface area contributed by atoms with Gasteiger partial charge in [0.25, 0.3) is 0 Å². The minimum Gasteiger partial charge on any atom is -0.342 e. The van der Waals surface area contributed by atoms with Crippen molar-refractivity contribution in [1.82, 2.24) is 4.90 Å². The minimum atomic E-state index is 0.524. The quantitative estimate of drug-likeness (QED) is 0.536. The van der Waals surface area contributed by atoms with Gasteiger partial charge in [0.05, 0.1) is 0 Å². The van der Waals surface area contributed by atoms with E-state index in [1.54, 1.807) is 0 Å². The van der Waals surface area contributed by atoms with Gasteiger partial charge in [-0.15, -0.1) is 6.58 Å². The fourth-order valence-electron chi connectivity index (χ4n) is 3.58. The highest BCUT2D eigenvalue weighted by atomic mass is 32.1. The molecule has 0 spiro atoms. The first-order valence-electron chi connectivity index (χ1n) is 9.12. The van der Waals surface area contributed by atoms with Gasteiger partial charge in [0.2, 0.25) is 0 Å². The molecule has 3 heteroatoms. The lowest BCUT2D eigenvalue weighted by atomic mass is 9.94. The van der Waals surface area contributed by atoms with Crippen molar-refractivity contribution in [3.8, 4) is 11.1 Å². The Labute approximate surface area is 156 Å². The van der Waals surface area contributed by atoms with Gasteiger partial charge in [-0.2, -0.15) is 0 Å². The first-order chi connectivity index (χ1) is 12.3. The highest BCUT2D eigenvalue weighted by Gasteiger charge is 2.22. The lowest BCUT2D eigenvalue weighted by Gasteiger charge is -2.36. The first-order valence-corrected chi connectivity index (χ1v) is 9.53. The molecule has 0 bridgehead atoms. The van der Waals surface area contributed by atoms with E-state index < -0.39 is 0 Å². The number of hydrogen-bond acceptors (Lipinski definition) is 1. The number of nitrogens with zero attached hydrogens (tertiary/aromatic N) is 1. The summed E-state index contributed by atoms with van der Waals surface area (Å²) in [4.78, 5) is 2.31. The predicted molar refractivity (Wildman–Crippen MR) is 112 cm³/mol. The molecular weight excluding hydrogens is 324 g/mol. The van der Waals surface area contributed by atoms with E-state index in [4.69, 9.17) is 12.2 Å². The second kappa shape index (κ2) is 8.82.